The first-order valence-corrected chi connectivity index (χ1v) is 12.5. The normalized spacial score (nSPS) is 13.2. The second-order valence-electron chi connectivity index (χ2n) is 8.54. The third-order valence-electron chi connectivity index (χ3n) is 5.90. The minimum absolute atomic E-state index is 0.0670. The van der Waals surface area contributed by atoms with E-state index >= 15 is 0 Å². The fraction of sp³-hybridized carbons (Fsp3) is 0.478. The summed E-state index contributed by atoms with van der Waals surface area (Å²) in [5, 5.41) is 18.0. The predicted molar refractivity (Wildman–Crippen MR) is 129 cm³/mol. The third kappa shape index (κ3) is 5.19. The molecule has 0 saturated carbocycles. The van der Waals surface area contributed by atoms with Crippen molar-refractivity contribution in [3.8, 4) is 0 Å². The van der Waals surface area contributed by atoms with E-state index in [1.54, 1.807) is 41.9 Å². The van der Waals surface area contributed by atoms with E-state index in [0.717, 1.165) is 30.0 Å². The Bertz CT molecular complexity index is 1210. The number of aromatic nitrogens is 3. The summed E-state index contributed by atoms with van der Waals surface area (Å²) in [4.78, 5) is 8.92. The summed E-state index contributed by atoms with van der Waals surface area (Å²) in [5.41, 5.74) is 2.80. The van der Waals surface area contributed by atoms with Gasteiger partial charge in [-0.2, -0.15) is 0 Å². The first kappa shape index (κ1) is 25.1. The molecule has 0 aliphatic carbocycles. The molecule has 2 heterocycles. The SMILES string of the molecule is CNc1nn2c(C)c(CCC(O)N(C)CCN(C)C)c(C)nc2c1S(=O)(=O)c1ccccc1. The fourth-order valence-corrected chi connectivity index (χ4v) is 5.35. The Kier molecular flexibility index (Phi) is 7.73. The number of hydrogen-bond acceptors (Lipinski definition) is 8. The number of likely N-dealkylation sites (N-methyl/N-ethyl adjacent to an activating group) is 2. The lowest BCUT2D eigenvalue weighted by Crippen LogP contribution is -2.37. The number of rotatable bonds is 10. The Morgan fingerprint density at radius 3 is 2.39 bits per heavy atom. The number of aliphatic hydroxyl groups is 1. The average molecular weight is 475 g/mol. The smallest absolute Gasteiger partial charge is 0.214 e. The van der Waals surface area contributed by atoms with Crippen molar-refractivity contribution in [3.05, 3.63) is 47.3 Å². The Morgan fingerprint density at radius 1 is 1.12 bits per heavy atom. The van der Waals surface area contributed by atoms with E-state index in [9.17, 15) is 13.5 Å². The summed E-state index contributed by atoms with van der Waals surface area (Å²) in [6, 6.07) is 8.31. The quantitative estimate of drug-likeness (QED) is 0.430. The van der Waals surface area contributed by atoms with Crippen LogP contribution in [0.2, 0.25) is 0 Å². The minimum Gasteiger partial charge on any atom is -0.378 e. The molecule has 1 aromatic carbocycles. The molecule has 33 heavy (non-hydrogen) atoms. The van der Waals surface area contributed by atoms with Crippen molar-refractivity contribution in [1.82, 2.24) is 24.4 Å². The lowest BCUT2D eigenvalue weighted by atomic mass is 10.1. The lowest BCUT2D eigenvalue weighted by molar-refractivity contribution is 0.0129. The molecule has 0 radical (unpaired) electrons. The average Bonchev–Trinajstić information content (AvgIpc) is 3.17. The maximum Gasteiger partial charge on any atom is 0.214 e. The van der Waals surface area contributed by atoms with Crippen LogP contribution in [0.1, 0.15) is 23.4 Å². The highest BCUT2D eigenvalue weighted by molar-refractivity contribution is 7.91. The van der Waals surface area contributed by atoms with Crippen LogP contribution in [0, 0.1) is 13.8 Å². The van der Waals surface area contributed by atoms with Crippen molar-refractivity contribution in [1.29, 1.82) is 0 Å². The monoisotopic (exact) mass is 474 g/mol. The zero-order valence-corrected chi connectivity index (χ0v) is 21.0. The highest BCUT2D eigenvalue weighted by Gasteiger charge is 2.29. The summed E-state index contributed by atoms with van der Waals surface area (Å²) in [6.45, 7) is 5.40. The number of fused-ring (bicyclic) bond motifs is 1. The van der Waals surface area contributed by atoms with Crippen molar-refractivity contribution in [2.24, 2.45) is 0 Å². The van der Waals surface area contributed by atoms with Gasteiger partial charge >= 0.3 is 0 Å². The van der Waals surface area contributed by atoms with Gasteiger partial charge in [0, 0.05) is 31.5 Å². The number of nitrogens with one attached hydrogen (secondary N) is 1. The van der Waals surface area contributed by atoms with Gasteiger partial charge < -0.3 is 15.3 Å². The van der Waals surface area contributed by atoms with E-state index < -0.39 is 16.1 Å². The van der Waals surface area contributed by atoms with E-state index in [1.165, 1.54) is 0 Å². The van der Waals surface area contributed by atoms with Crippen LogP contribution in [-0.4, -0.2) is 85.4 Å². The van der Waals surface area contributed by atoms with E-state index in [4.69, 9.17) is 0 Å². The molecular weight excluding hydrogens is 440 g/mol. The Hall–Kier alpha value is -2.53. The van der Waals surface area contributed by atoms with Crippen molar-refractivity contribution in [2.75, 3.05) is 46.6 Å². The second-order valence-corrected chi connectivity index (χ2v) is 10.4. The van der Waals surface area contributed by atoms with Crippen molar-refractivity contribution in [3.63, 3.8) is 0 Å². The molecular formula is C23H34N6O3S. The summed E-state index contributed by atoms with van der Waals surface area (Å²) in [5.74, 6) is 0.259. The molecule has 10 heteroatoms. The lowest BCUT2D eigenvalue weighted by Gasteiger charge is -2.25. The molecule has 1 atom stereocenters. The van der Waals surface area contributed by atoms with Gasteiger partial charge in [-0.3, -0.25) is 4.90 Å². The van der Waals surface area contributed by atoms with Crippen LogP contribution in [0.25, 0.3) is 5.65 Å². The highest BCUT2D eigenvalue weighted by Crippen LogP contribution is 2.32. The standard InChI is InChI=1S/C23H34N6O3S/c1-16-19(12-13-20(30)28(6)15-14-27(4)5)17(2)29-23(25-16)21(22(24-3)26-29)33(31,32)18-10-8-7-9-11-18/h7-11,20,30H,12-15H2,1-6H3,(H,24,26). The van der Waals surface area contributed by atoms with E-state index in [1.807, 2.05) is 39.9 Å². The number of sulfone groups is 1. The molecule has 0 aliphatic rings. The van der Waals surface area contributed by atoms with Crippen LogP contribution in [0.5, 0.6) is 0 Å². The van der Waals surface area contributed by atoms with Crippen LogP contribution < -0.4 is 5.32 Å². The van der Waals surface area contributed by atoms with Crippen LogP contribution in [0.15, 0.2) is 40.1 Å². The summed E-state index contributed by atoms with van der Waals surface area (Å²) in [7, 11) is 3.74. The van der Waals surface area contributed by atoms with E-state index in [2.05, 4.69) is 20.3 Å². The number of aryl methyl sites for hydroxylation is 2. The third-order valence-corrected chi connectivity index (χ3v) is 7.71. The fourth-order valence-electron chi connectivity index (χ4n) is 3.83. The summed E-state index contributed by atoms with van der Waals surface area (Å²) in [6.07, 6.45) is 0.552. The zero-order chi connectivity index (χ0) is 24.3. The number of anilines is 1. The predicted octanol–water partition coefficient (Wildman–Crippen LogP) is 1.97. The molecule has 0 spiro atoms. The van der Waals surface area contributed by atoms with Gasteiger partial charge in [0.15, 0.2) is 16.4 Å². The zero-order valence-electron chi connectivity index (χ0n) is 20.2. The van der Waals surface area contributed by atoms with Crippen LogP contribution in [0.4, 0.5) is 5.82 Å². The van der Waals surface area contributed by atoms with Gasteiger partial charge in [0.25, 0.3) is 0 Å². The van der Waals surface area contributed by atoms with Gasteiger partial charge in [0.2, 0.25) is 9.84 Å². The molecule has 3 aromatic rings. The first-order valence-electron chi connectivity index (χ1n) is 11.0. The molecule has 0 saturated heterocycles. The van der Waals surface area contributed by atoms with E-state index in [-0.39, 0.29) is 15.6 Å². The summed E-state index contributed by atoms with van der Waals surface area (Å²) >= 11 is 0. The van der Waals surface area contributed by atoms with Crippen molar-refractivity contribution >= 4 is 21.3 Å². The van der Waals surface area contributed by atoms with Gasteiger partial charge in [0.05, 0.1) is 4.90 Å². The first-order chi connectivity index (χ1) is 15.6. The van der Waals surface area contributed by atoms with Gasteiger partial charge in [-0.05, 0) is 65.5 Å². The maximum atomic E-state index is 13.4. The van der Waals surface area contributed by atoms with Crippen LogP contribution in [-0.2, 0) is 16.3 Å². The van der Waals surface area contributed by atoms with Crippen molar-refractivity contribution < 1.29 is 13.5 Å². The molecule has 0 fully saturated rings. The molecule has 0 bridgehead atoms. The second kappa shape index (κ2) is 10.2. The van der Waals surface area contributed by atoms with Crippen LogP contribution in [0.3, 0.4) is 0 Å². The highest BCUT2D eigenvalue weighted by atomic mass is 32.2. The van der Waals surface area contributed by atoms with Crippen LogP contribution >= 0.6 is 0 Å². The molecule has 9 nitrogen and oxygen atoms in total. The molecule has 180 valence electrons. The Balaban J connectivity index is 1.97. The number of hydrogen-bond donors (Lipinski definition) is 2. The molecule has 2 N–H and O–H groups in total. The van der Waals surface area contributed by atoms with Gasteiger partial charge in [-0.25, -0.2) is 17.9 Å². The minimum atomic E-state index is -3.82. The number of benzene rings is 1. The van der Waals surface area contributed by atoms with Gasteiger partial charge in [-0.15, -0.1) is 5.10 Å². The number of aliphatic hydroxyl groups excluding tert-OH is 1. The maximum absolute atomic E-state index is 13.4. The summed E-state index contributed by atoms with van der Waals surface area (Å²) < 4.78 is 28.4. The molecule has 0 aliphatic heterocycles. The molecule has 2 aromatic heterocycles. The molecule has 3 rings (SSSR count). The van der Waals surface area contributed by atoms with E-state index in [0.29, 0.717) is 18.5 Å². The molecule has 0 amide bonds. The van der Waals surface area contributed by atoms with Crippen molar-refractivity contribution in [2.45, 2.75) is 42.7 Å². The van der Waals surface area contributed by atoms with Gasteiger partial charge in [0.1, 0.15) is 6.23 Å². The molecule has 1 unspecified atom stereocenters. The number of nitrogens with zero attached hydrogens (tertiary/aromatic N) is 5. The van der Waals surface area contributed by atoms with Gasteiger partial charge in [-0.1, -0.05) is 18.2 Å². The largest absolute Gasteiger partial charge is 0.378 e. The Morgan fingerprint density at radius 2 is 1.79 bits per heavy atom. The Labute approximate surface area is 196 Å². The topological polar surface area (TPSA) is 103 Å².